The van der Waals surface area contributed by atoms with Gasteiger partial charge in [0.25, 0.3) is 5.91 Å². The molecule has 3 aromatic rings. The van der Waals surface area contributed by atoms with Crippen molar-refractivity contribution in [2.75, 3.05) is 6.54 Å². The van der Waals surface area contributed by atoms with Crippen molar-refractivity contribution >= 4 is 5.91 Å². The molecule has 0 N–H and O–H groups in total. The summed E-state index contributed by atoms with van der Waals surface area (Å²) < 4.78 is 57.9. The lowest BCUT2D eigenvalue weighted by atomic mass is 10.0. The minimum atomic E-state index is -4.48. The van der Waals surface area contributed by atoms with Gasteiger partial charge in [-0.15, -0.1) is 0 Å². The van der Waals surface area contributed by atoms with Crippen LogP contribution in [-0.2, 0) is 6.18 Å². The summed E-state index contributed by atoms with van der Waals surface area (Å²) in [4.78, 5) is 31.7. The number of amides is 1. The van der Waals surface area contributed by atoms with Crippen LogP contribution in [0.3, 0.4) is 0 Å². The molecule has 2 saturated carbocycles. The van der Waals surface area contributed by atoms with Crippen LogP contribution >= 0.6 is 0 Å². The fourth-order valence-electron chi connectivity index (χ4n) is 5.67. The van der Waals surface area contributed by atoms with Gasteiger partial charge in [0, 0.05) is 25.0 Å². The standard InChI is InChI=1S/C24H19F4N5O2/c1-11-4-5-29-20(18(11)22-31-8-13(25)9-32-22)23(34)33-10-15-14-6-16(21(33)19(14)15)35-17-3-2-12(7-30-17)24(26,27)28/h2-5,7-9,14-16,19,21H,6,10H2,1H3. The van der Waals surface area contributed by atoms with E-state index >= 15 is 0 Å². The quantitative estimate of drug-likeness (QED) is 0.521. The molecule has 0 aromatic carbocycles. The largest absolute Gasteiger partial charge is 0.472 e. The van der Waals surface area contributed by atoms with Crippen molar-refractivity contribution in [2.24, 2.45) is 17.8 Å². The van der Waals surface area contributed by atoms with E-state index in [0.717, 1.165) is 30.2 Å². The molecular weight excluding hydrogens is 466 g/mol. The molecule has 0 spiro atoms. The van der Waals surface area contributed by atoms with Crippen molar-refractivity contribution in [3.05, 3.63) is 65.6 Å². The molecule has 35 heavy (non-hydrogen) atoms. The molecule has 6 rings (SSSR count). The molecule has 5 unspecified atom stereocenters. The van der Waals surface area contributed by atoms with Gasteiger partial charge in [0.1, 0.15) is 11.8 Å². The Morgan fingerprint density at radius 2 is 1.83 bits per heavy atom. The summed E-state index contributed by atoms with van der Waals surface area (Å²) in [6.07, 6.45) is 0.206. The zero-order valence-electron chi connectivity index (χ0n) is 18.4. The first kappa shape index (κ1) is 21.9. The van der Waals surface area contributed by atoms with Crippen molar-refractivity contribution in [3.63, 3.8) is 0 Å². The van der Waals surface area contributed by atoms with Gasteiger partial charge in [-0.1, -0.05) is 0 Å². The number of carbonyl (C=O) groups excluding carboxylic acids is 1. The Labute approximate surface area is 197 Å². The fraction of sp³-hybridized carbons (Fsp3) is 0.375. The van der Waals surface area contributed by atoms with E-state index in [1.54, 1.807) is 17.9 Å². The Bertz CT molecular complexity index is 1300. The Morgan fingerprint density at radius 3 is 2.51 bits per heavy atom. The molecule has 180 valence electrons. The molecule has 5 atom stereocenters. The lowest BCUT2D eigenvalue weighted by Crippen LogP contribution is -2.45. The molecule has 1 amide bonds. The zero-order valence-corrected chi connectivity index (χ0v) is 18.4. The van der Waals surface area contributed by atoms with Crippen LogP contribution in [-0.4, -0.2) is 49.4 Å². The molecule has 3 aromatic heterocycles. The predicted molar refractivity (Wildman–Crippen MR) is 114 cm³/mol. The van der Waals surface area contributed by atoms with Crippen LogP contribution in [0.5, 0.6) is 5.88 Å². The summed E-state index contributed by atoms with van der Waals surface area (Å²) in [6.45, 7) is 2.36. The second-order valence-electron chi connectivity index (χ2n) is 9.20. The van der Waals surface area contributed by atoms with Crippen molar-refractivity contribution in [1.82, 2.24) is 24.8 Å². The van der Waals surface area contributed by atoms with Gasteiger partial charge in [0.05, 0.1) is 29.6 Å². The first-order valence-corrected chi connectivity index (χ1v) is 11.2. The third-order valence-electron chi connectivity index (χ3n) is 7.25. The number of rotatable bonds is 4. The molecule has 3 fully saturated rings. The smallest absolute Gasteiger partial charge is 0.417 e. The molecule has 4 heterocycles. The van der Waals surface area contributed by atoms with E-state index in [1.165, 1.54) is 12.3 Å². The van der Waals surface area contributed by atoms with Crippen LogP contribution in [0.1, 0.15) is 28.0 Å². The average Bonchev–Trinajstić information content (AvgIpc) is 3.18. The number of nitrogens with zero attached hydrogens (tertiary/aromatic N) is 5. The maximum atomic E-state index is 13.7. The molecule has 2 aliphatic carbocycles. The van der Waals surface area contributed by atoms with Crippen LogP contribution in [0.4, 0.5) is 17.6 Å². The number of hydrogen-bond donors (Lipinski definition) is 0. The van der Waals surface area contributed by atoms with Crippen LogP contribution in [0.25, 0.3) is 11.4 Å². The van der Waals surface area contributed by atoms with Crippen molar-refractivity contribution in [2.45, 2.75) is 31.7 Å². The molecule has 0 bridgehead atoms. The van der Waals surface area contributed by atoms with Gasteiger partial charge in [0.2, 0.25) is 5.88 Å². The van der Waals surface area contributed by atoms with Crippen molar-refractivity contribution in [3.8, 4) is 17.3 Å². The first-order valence-electron chi connectivity index (χ1n) is 11.2. The number of hydrogen-bond acceptors (Lipinski definition) is 6. The van der Waals surface area contributed by atoms with Crippen LogP contribution < -0.4 is 4.74 Å². The van der Waals surface area contributed by atoms with E-state index in [0.29, 0.717) is 30.4 Å². The third-order valence-corrected chi connectivity index (χ3v) is 7.25. The summed E-state index contributed by atoms with van der Waals surface area (Å²) in [7, 11) is 0. The van der Waals surface area contributed by atoms with Gasteiger partial charge >= 0.3 is 6.18 Å². The number of piperidine rings is 1. The summed E-state index contributed by atoms with van der Waals surface area (Å²) >= 11 is 0. The molecule has 1 aliphatic heterocycles. The minimum Gasteiger partial charge on any atom is -0.472 e. The molecule has 3 aliphatic rings. The number of aryl methyl sites for hydroxylation is 1. The Morgan fingerprint density at radius 1 is 1.06 bits per heavy atom. The lowest BCUT2D eigenvalue weighted by molar-refractivity contribution is -0.137. The SMILES string of the molecule is Cc1ccnc(C(=O)N2CC3C4CC(Oc5ccc(C(F)(F)F)cn5)C2C43)c1-c1ncc(F)cn1. The van der Waals surface area contributed by atoms with E-state index in [1.807, 2.05) is 0 Å². The number of alkyl halides is 3. The van der Waals surface area contributed by atoms with Gasteiger partial charge in [-0.2, -0.15) is 13.2 Å². The molecular formula is C24H19F4N5O2. The molecule has 0 radical (unpaired) electrons. The predicted octanol–water partition coefficient (Wildman–Crippen LogP) is 3.94. The number of fused-ring (bicyclic) bond motifs is 1. The summed E-state index contributed by atoms with van der Waals surface area (Å²) in [5.74, 6) is 0.493. The zero-order chi connectivity index (χ0) is 24.5. The topological polar surface area (TPSA) is 81.1 Å². The molecule has 1 saturated heterocycles. The normalized spacial score (nSPS) is 26.5. The van der Waals surface area contributed by atoms with Gasteiger partial charge in [-0.3, -0.25) is 9.78 Å². The van der Waals surface area contributed by atoms with Crippen LogP contribution in [0.15, 0.2) is 43.0 Å². The van der Waals surface area contributed by atoms with E-state index < -0.39 is 17.6 Å². The van der Waals surface area contributed by atoms with Crippen molar-refractivity contribution in [1.29, 1.82) is 0 Å². The van der Waals surface area contributed by atoms with Gasteiger partial charge in [-0.25, -0.2) is 19.3 Å². The summed E-state index contributed by atoms with van der Waals surface area (Å²) in [6, 6.07) is 3.64. The van der Waals surface area contributed by atoms with E-state index in [2.05, 4.69) is 19.9 Å². The maximum Gasteiger partial charge on any atom is 0.417 e. The van der Waals surface area contributed by atoms with Gasteiger partial charge in [0.15, 0.2) is 11.6 Å². The van der Waals surface area contributed by atoms with E-state index in [-0.39, 0.29) is 41.4 Å². The Kier molecular flexibility index (Phi) is 4.81. The highest BCUT2D eigenvalue weighted by Crippen LogP contribution is 2.64. The monoisotopic (exact) mass is 485 g/mol. The maximum absolute atomic E-state index is 13.7. The molecule has 7 nitrogen and oxygen atoms in total. The minimum absolute atomic E-state index is 0.0919. The van der Waals surface area contributed by atoms with E-state index in [4.69, 9.17) is 4.74 Å². The number of carbonyl (C=O) groups is 1. The van der Waals surface area contributed by atoms with E-state index in [9.17, 15) is 22.4 Å². The highest BCUT2D eigenvalue weighted by atomic mass is 19.4. The van der Waals surface area contributed by atoms with Gasteiger partial charge in [-0.05, 0) is 48.8 Å². The summed E-state index contributed by atoms with van der Waals surface area (Å²) in [5.41, 5.74) is 0.491. The van der Waals surface area contributed by atoms with Crippen molar-refractivity contribution < 1.29 is 27.1 Å². The number of aromatic nitrogens is 4. The number of halogens is 4. The summed E-state index contributed by atoms with van der Waals surface area (Å²) in [5, 5.41) is 0. The highest BCUT2D eigenvalue weighted by molar-refractivity contribution is 5.99. The highest BCUT2D eigenvalue weighted by Gasteiger charge is 2.70. The Balaban J connectivity index is 1.27. The molecule has 11 heteroatoms. The van der Waals surface area contributed by atoms with Crippen LogP contribution in [0.2, 0.25) is 0 Å². The third kappa shape index (κ3) is 3.60. The number of likely N-dealkylation sites (tertiary alicyclic amines) is 1. The second-order valence-corrected chi connectivity index (χ2v) is 9.20. The average molecular weight is 485 g/mol. The Hall–Kier alpha value is -3.63. The number of ether oxygens (including phenoxy) is 1. The number of pyridine rings is 2. The first-order chi connectivity index (χ1) is 16.7. The van der Waals surface area contributed by atoms with Gasteiger partial charge < -0.3 is 9.64 Å². The fourth-order valence-corrected chi connectivity index (χ4v) is 5.67. The van der Waals surface area contributed by atoms with Crippen LogP contribution in [0, 0.1) is 30.5 Å². The second kappa shape index (κ2) is 7.69. The lowest BCUT2D eigenvalue weighted by Gasteiger charge is -2.29.